The molecule has 0 fully saturated rings. The predicted molar refractivity (Wildman–Crippen MR) is 56.1 cm³/mol. The van der Waals surface area contributed by atoms with Crippen molar-refractivity contribution in [1.82, 2.24) is 5.32 Å². The molecule has 0 aliphatic heterocycles. The van der Waals surface area contributed by atoms with E-state index in [1.54, 1.807) is 13.1 Å². The third-order valence-corrected chi connectivity index (χ3v) is 2.05. The molecular formula is C11H19NO. The van der Waals surface area contributed by atoms with Crippen LogP contribution in [0.4, 0.5) is 0 Å². The fourth-order valence-electron chi connectivity index (χ4n) is 0.621. The smallest absolute Gasteiger partial charge is 0.250 e. The molecule has 0 rings (SSSR count). The van der Waals surface area contributed by atoms with Gasteiger partial charge in [0.25, 0.3) is 0 Å². The minimum absolute atomic E-state index is 0.118. The van der Waals surface area contributed by atoms with Crippen molar-refractivity contribution in [3.8, 4) is 0 Å². The number of hydrogen-bond donors (Lipinski definition) is 1. The monoisotopic (exact) mass is 181 g/mol. The van der Waals surface area contributed by atoms with E-state index in [1.165, 1.54) is 0 Å². The lowest BCUT2D eigenvalue weighted by Crippen LogP contribution is -2.17. The Labute approximate surface area is 80.7 Å². The Morgan fingerprint density at radius 3 is 2.31 bits per heavy atom. The minimum Gasteiger partial charge on any atom is -0.329 e. The van der Waals surface area contributed by atoms with Gasteiger partial charge in [0.1, 0.15) is 0 Å². The third kappa shape index (κ3) is 5.23. The van der Waals surface area contributed by atoms with E-state index in [0.29, 0.717) is 17.4 Å². The van der Waals surface area contributed by atoms with Gasteiger partial charge in [0, 0.05) is 11.8 Å². The van der Waals surface area contributed by atoms with E-state index in [9.17, 15) is 4.79 Å². The number of hydrogen-bond acceptors (Lipinski definition) is 1. The summed E-state index contributed by atoms with van der Waals surface area (Å²) >= 11 is 0. The van der Waals surface area contributed by atoms with Gasteiger partial charge in [0.2, 0.25) is 5.91 Å². The highest BCUT2D eigenvalue weighted by Crippen LogP contribution is 2.09. The minimum atomic E-state index is -0.118. The molecule has 0 bridgehead atoms. The van der Waals surface area contributed by atoms with Crippen molar-refractivity contribution in [3.05, 3.63) is 24.4 Å². The zero-order valence-corrected chi connectivity index (χ0v) is 8.92. The fourth-order valence-corrected chi connectivity index (χ4v) is 0.621. The summed E-state index contributed by atoms with van der Waals surface area (Å²) in [5, 5.41) is 2.65. The highest BCUT2D eigenvalue weighted by molar-refractivity contribution is 5.92. The highest BCUT2D eigenvalue weighted by Gasteiger charge is 2.02. The fraction of sp³-hybridized carbons (Fsp3) is 0.545. The number of allylic oxidation sites excluding steroid dienone is 1. The number of amides is 1. The quantitative estimate of drug-likeness (QED) is 0.663. The van der Waals surface area contributed by atoms with Gasteiger partial charge in [-0.05, 0) is 18.8 Å². The van der Waals surface area contributed by atoms with Crippen molar-refractivity contribution >= 4 is 5.91 Å². The zero-order valence-electron chi connectivity index (χ0n) is 8.92. The maximum absolute atomic E-state index is 11.0. The summed E-state index contributed by atoms with van der Waals surface area (Å²) in [4.78, 5) is 11.0. The molecule has 0 aromatic rings. The van der Waals surface area contributed by atoms with Crippen LogP contribution < -0.4 is 5.32 Å². The summed E-state index contributed by atoms with van der Waals surface area (Å²) in [7, 11) is 0. The van der Waals surface area contributed by atoms with Crippen molar-refractivity contribution in [3.63, 3.8) is 0 Å². The molecule has 0 saturated heterocycles. The van der Waals surface area contributed by atoms with Gasteiger partial charge >= 0.3 is 0 Å². The van der Waals surface area contributed by atoms with Crippen LogP contribution in [0.25, 0.3) is 0 Å². The van der Waals surface area contributed by atoms with Crippen molar-refractivity contribution < 1.29 is 4.79 Å². The molecule has 13 heavy (non-hydrogen) atoms. The molecule has 2 heteroatoms. The van der Waals surface area contributed by atoms with Crippen molar-refractivity contribution in [1.29, 1.82) is 0 Å². The van der Waals surface area contributed by atoms with Crippen LogP contribution in [0.3, 0.4) is 0 Å². The Morgan fingerprint density at radius 1 is 1.38 bits per heavy atom. The molecular weight excluding hydrogens is 162 g/mol. The first-order valence-corrected chi connectivity index (χ1v) is 4.58. The number of rotatable bonds is 4. The van der Waals surface area contributed by atoms with Crippen LogP contribution in [0.1, 0.15) is 27.7 Å². The van der Waals surface area contributed by atoms with Gasteiger partial charge in [-0.15, -0.1) is 0 Å². The normalized spacial score (nSPS) is 13.3. The van der Waals surface area contributed by atoms with Crippen LogP contribution in [0.15, 0.2) is 24.4 Å². The van der Waals surface area contributed by atoms with Gasteiger partial charge in [0.05, 0.1) is 0 Å². The Kier molecular flexibility index (Phi) is 5.12. The molecule has 0 aliphatic carbocycles. The summed E-state index contributed by atoms with van der Waals surface area (Å²) in [5.74, 6) is 0.954. The van der Waals surface area contributed by atoms with E-state index in [0.717, 1.165) is 0 Å². The molecule has 0 saturated carbocycles. The summed E-state index contributed by atoms with van der Waals surface area (Å²) in [6.07, 6.45) is 3.69. The average molecular weight is 181 g/mol. The Balaban J connectivity index is 3.88. The second-order valence-corrected chi connectivity index (χ2v) is 3.72. The molecule has 0 aromatic heterocycles. The van der Waals surface area contributed by atoms with E-state index in [1.807, 2.05) is 6.08 Å². The zero-order chi connectivity index (χ0) is 10.4. The standard InChI is InChI=1S/C11H19NO/c1-8(2)10(5)6-7-12-11(13)9(3)4/h6-8,10H,3H2,1-2,4-5H3,(H,12,13)/b7-6-. The van der Waals surface area contributed by atoms with Gasteiger partial charge in [-0.3, -0.25) is 4.79 Å². The molecule has 0 aromatic carbocycles. The SMILES string of the molecule is C=C(C)C(=O)N/C=C\C(C)C(C)C. The van der Waals surface area contributed by atoms with E-state index in [4.69, 9.17) is 0 Å². The van der Waals surface area contributed by atoms with Gasteiger partial charge < -0.3 is 5.32 Å². The van der Waals surface area contributed by atoms with Crippen molar-refractivity contribution in [2.75, 3.05) is 0 Å². The first kappa shape index (κ1) is 11.9. The first-order valence-electron chi connectivity index (χ1n) is 4.58. The summed E-state index contributed by atoms with van der Waals surface area (Å²) in [6.45, 7) is 11.6. The number of carbonyl (C=O) groups excluding carboxylic acids is 1. The number of nitrogens with one attached hydrogen (secondary N) is 1. The Bertz CT molecular complexity index is 216. The second-order valence-electron chi connectivity index (χ2n) is 3.72. The average Bonchev–Trinajstić information content (AvgIpc) is 2.03. The van der Waals surface area contributed by atoms with E-state index >= 15 is 0 Å². The van der Waals surface area contributed by atoms with Crippen LogP contribution in [0.5, 0.6) is 0 Å². The van der Waals surface area contributed by atoms with Crippen LogP contribution in [-0.4, -0.2) is 5.91 Å². The van der Waals surface area contributed by atoms with E-state index in [2.05, 4.69) is 32.7 Å². The van der Waals surface area contributed by atoms with Crippen LogP contribution >= 0.6 is 0 Å². The Hall–Kier alpha value is -1.05. The number of carbonyl (C=O) groups is 1. The summed E-state index contributed by atoms with van der Waals surface area (Å²) in [5.41, 5.74) is 0.529. The molecule has 1 unspecified atom stereocenters. The predicted octanol–water partition coefficient (Wildman–Crippen LogP) is 2.48. The van der Waals surface area contributed by atoms with Gasteiger partial charge in [0.15, 0.2) is 0 Å². The third-order valence-electron chi connectivity index (χ3n) is 2.05. The van der Waals surface area contributed by atoms with Crippen molar-refractivity contribution in [2.45, 2.75) is 27.7 Å². The van der Waals surface area contributed by atoms with Crippen molar-refractivity contribution in [2.24, 2.45) is 11.8 Å². The van der Waals surface area contributed by atoms with Crippen LogP contribution in [0.2, 0.25) is 0 Å². The second kappa shape index (κ2) is 5.57. The molecule has 1 atom stereocenters. The van der Waals surface area contributed by atoms with Crippen LogP contribution in [0, 0.1) is 11.8 Å². The molecule has 0 aliphatic rings. The molecule has 0 radical (unpaired) electrons. The lowest BCUT2D eigenvalue weighted by atomic mass is 9.98. The van der Waals surface area contributed by atoms with Gasteiger partial charge in [-0.1, -0.05) is 33.4 Å². The summed E-state index contributed by atoms with van der Waals surface area (Å²) in [6, 6.07) is 0. The lowest BCUT2D eigenvalue weighted by molar-refractivity contribution is -0.116. The Morgan fingerprint density at radius 2 is 1.92 bits per heavy atom. The molecule has 2 nitrogen and oxygen atoms in total. The van der Waals surface area contributed by atoms with Gasteiger partial charge in [-0.25, -0.2) is 0 Å². The molecule has 1 amide bonds. The van der Waals surface area contributed by atoms with E-state index < -0.39 is 0 Å². The maximum Gasteiger partial charge on any atom is 0.250 e. The van der Waals surface area contributed by atoms with E-state index in [-0.39, 0.29) is 5.91 Å². The summed E-state index contributed by atoms with van der Waals surface area (Å²) < 4.78 is 0. The van der Waals surface area contributed by atoms with Crippen LogP contribution in [-0.2, 0) is 4.79 Å². The topological polar surface area (TPSA) is 29.1 Å². The van der Waals surface area contributed by atoms with Gasteiger partial charge in [-0.2, -0.15) is 0 Å². The molecule has 74 valence electrons. The maximum atomic E-state index is 11.0. The lowest BCUT2D eigenvalue weighted by Gasteiger charge is -2.09. The molecule has 1 N–H and O–H groups in total. The highest BCUT2D eigenvalue weighted by atomic mass is 16.1. The molecule has 0 heterocycles. The first-order chi connectivity index (χ1) is 5.95. The largest absolute Gasteiger partial charge is 0.329 e. The molecule has 0 spiro atoms.